The Morgan fingerprint density at radius 2 is 2.10 bits per heavy atom. The van der Waals surface area contributed by atoms with Crippen molar-refractivity contribution in [2.45, 2.75) is 25.6 Å². The van der Waals surface area contributed by atoms with Gasteiger partial charge < -0.3 is 4.74 Å². The van der Waals surface area contributed by atoms with Crippen LogP contribution in [0, 0.1) is 0 Å². The first-order valence-electron chi connectivity index (χ1n) is 6.05. The number of amides is 1. The zero-order valence-corrected chi connectivity index (χ0v) is 10.7. The van der Waals surface area contributed by atoms with E-state index < -0.39 is 17.7 Å². The number of nitrogens with zero attached hydrogens (tertiary/aromatic N) is 1. The fourth-order valence-corrected chi connectivity index (χ4v) is 1.69. The number of hydrogen-bond acceptors (Lipinski definition) is 4. The van der Waals surface area contributed by atoms with Gasteiger partial charge in [0, 0.05) is 12.8 Å². The van der Waals surface area contributed by atoms with Gasteiger partial charge in [-0.05, 0) is 17.7 Å². The van der Waals surface area contributed by atoms with E-state index in [2.05, 4.69) is 10.5 Å². The second-order valence-corrected chi connectivity index (χ2v) is 4.37. The van der Waals surface area contributed by atoms with E-state index >= 15 is 0 Å². The Hall–Kier alpha value is -2.38. The van der Waals surface area contributed by atoms with Gasteiger partial charge in [0.2, 0.25) is 5.91 Å². The van der Waals surface area contributed by atoms with Gasteiger partial charge in [-0.3, -0.25) is 4.79 Å². The Labute approximate surface area is 117 Å². The molecule has 112 valence electrons. The minimum absolute atomic E-state index is 0.0431. The molecule has 0 saturated carbocycles. The van der Waals surface area contributed by atoms with Crippen LogP contribution >= 0.6 is 0 Å². The van der Waals surface area contributed by atoms with Crippen molar-refractivity contribution in [2.75, 3.05) is 0 Å². The first kappa shape index (κ1) is 15.0. The standard InChI is InChI=1S/C13H11F3N2O3/c14-13(15,16)9-3-1-2-8(6-9)7-21-12(20)10-4-5-11(19)18-17-10/h1-3,6H,4-5,7H2,(H,18,19). The summed E-state index contributed by atoms with van der Waals surface area (Å²) >= 11 is 0. The monoisotopic (exact) mass is 300 g/mol. The van der Waals surface area contributed by atoms with Gasteiger partial charge in [-0.15, -0.1) is 0 Å². The smallest absolute Gasteiger partial charge is 0.416 e. The maximum absolute atomic E-state index is 12.5. The number of rotatable bonds is 3. The van der Waals surface area contributed by atoms with E-state index in [1.165, 1.54) is 12.1 Å². The van der Waals surface area contributed by atoms with Crippen molar-refractivity contribution >= 4 is 17.6 Å². The summed E-state index contributed by atoms with van der Waals surface area (Å²) in [4.78, 5) is 22.5. The van der Waals surface area contributed by atoms with Crippen molar-refractivity contribution in [3.05, 3.63) is 35.4 Å². The molecular formula is C13H11F3N2O3. The fraction of sp³-hybridized carbons (Fsp3) is 0.308. The lowest BCUT2D eigenvalue weighted by atomic mass is 10.1. The molecule has 5 nitrogen and oxygen atoms in total. The third kappa shape index (κ3) is 4.04. The summed E-state index contributed by atoms with van der Waals surface area (Å²) < 4.78 is 42.5. The van der Waals surface area contributed by atoms with Crippen LogP contribution in [0.3, 0.4) is 0 Å². The molecule has 0 aromatic heterocycles. The zero-order chi connectivity index (χ0) is 15.5. The molecule has 2 rings (SSSR count). The van der Waals surface area contributed by atoms with E-state index in [1.54, 1.807) is 0 Å². The molecule has 1 heterocycles. The maximum Gasteiger partial charge on any atom is 0.416 e. The number of carbonyl (C=O) groups is 2. The molecule has 1 aliphatic heterocycles. The Kier molecular flexibility index (Phi) is 4.25. The first-order valence-corrected chi connectivity index (χ1v) is 6.05. The highest BCUT2D eigenvalue weighted by Crippen LogP contribution is 2.29. The number of ether oxygens (including phenoxy) is 1. The molecule has 0 saturated heterocycles. The van der Waals surface area contributed by atoms with Crippen LogP contribution in [0.4, 0.5) is 13.2 Å². The Morgan fingerprint density at radius 1 is 1.33 bits per heavy atom. The van der Waals surface area contributed by atoms with Crippen molar-refractivity contribution in [3.63, 3.8) is 0 Å². The van der Waals surface area contributed by atoms with Crippen molar-refractivity contribution in [1.82, 2.24) is 5.43 Å². The molecule has 0 unspecified atom stereocenters. The largest absolute Gasteiger partial charge is 0.456 e. The van der Waals surface area contributed by atoms with Crippen LogP contribution in [0.1, 0.15) is 24.0 Å². The normalized spacial score (nSPS) is 15.2. The molecule has 0 bridgehead atoms. The zero-order valence-electron chi connectivity index (χ0n) is 10.7. The van der Waals surface area contributed by atoms with Gasteiger partial charge in [0.25, 0.3) is 0 Å². The number of alkyl halides is 3. The summed E-state index contributed by atoms with van der Waals surface area (Å²) in [6.45, 7) is -0.296. The van der Waals surface area contributed by atoms with Gasteiger partial charge in [0.15, 0.2) is 0 Å². The Morgan fingerprint density at radius 3 is 2.71 bits per heavy atom. The third-order valence-corrected chi connectivity index (χ3v) is 2.76. The number of hydrogen-bond donors (Lipinski definition) is 1. The van der Waals surface area contributed by atoms with E-state index in [0.717, 1.165) is 12.1 Å². The molecule has 21 heavy (non-hydrogen) atoms. The van der Waals surface area contributed by atoms with Crippen LogP contribution in [0.25, 0.3) is 0 Å². The van der Waals surface area contributed by atoms with Crippen LogP contribution in [-0.2, 0) is 27.1 Å². The minimum atomic E-state index is -4.45. The van der Waals surface area contributed by atoms with Gasteiger partial charge in [0.1, 0.15) is 12.3 Å². The van der Waals surface area contributed by atoms with Gasteiger partial charge in [0.05, 0.1) is 5.56 Å². The van der Waals surface area contributed by atoms with Crippen LogP contribution in [0.2, 0.25) is 0 Å². The lowest BCUT2D eigenvalue weighted by Gasteiger charge is -2.12. The molecule has 0 aliphatic carbocycles. The summed E-state index contributed by atoms with van der Waals surface area (Å²) in [6.07, 6.45) is -4.18. The van der Waals surface area contributed by atoms with Gasteiger partial charge >= 0.3 is 12.1 Å². The quantitative estimate of drug-likeness (QED) is 0.868. The summed E-state index contributed by atoms with van der Waals surface area (Å²) in [5.41, 5.74) is 1.60. The molecule has 1 N–H and O–H groups in total. The second-order valence-electron chi connectivity index (χ2n) is 4.37. The Bertz CT molecular complexity index is 597. The molecule has 0 radical (unpaired) electrons. The molecule has 1 aliphatic rings. The van der Waals surface area contributed by atoms with Crippen molar-refractivity contribution in [3.8, 4) is 0 Å². The maximum atomic E-state index is 12.5. The second kappa shape index (κ2) is 5.94. The average Bonchev–Trinajstić information content (AvgIpc) is 2.45. The molecule has 0 fully saturated rings. The van der Waals surface area contributed by atoms with Crippen molar-refractivity contribution < 1.29 is 27.5 Å². The highest BCUT2D eigenvalue weighted by atomic mass is 19.4. The highest BCUT2D eigenvalue weighted by Gasteiger charge is 2.30. The third-order valence-electron chi connectivity index (χ3n) is 2.76. The molecular weight excluding hydrogens is 289 g/mol. The first-order chi connectivity index (χ1) is 9.86. The summed E-state index contributed by atoms with van der Waals surface area (Å²) in [7, 11) is 0. The fourth-order valence-electron chi connectivity index (χ4n) is 1.69. The van der Waals surface area contributed by atoms with E-state index in [-0.39, 0.29) is 36.6 Å². The summed E-state index contributed by atoms with van der Waals surface area (Å²) in [6, 6.07) is 4.52. The average molecular weight is 300 g/mol. The van der Waals surface area contributed by atoms with Crippen LogP contribution in [-0.4, -0.2) is 17.6 Å². The van der Waals surface area contributed by atoms with Crippen LogP contribution in [0.5, 0.6) is 0 Å². The van der Waals surface area contributed by atoms with Gasteiger partial charge in [-0.1, -0.05) is 12.1 Å². The van der Waals surface area contributed by atoms with E-state index in [4.69, 9.17) is 4.74 Å². The number of carbonyl (C=O) groups excluding carboxylic acids is 2. The minimum Gasteiger partial charge on any atom is -0.456 e. The van der Waals surface area contributed by atoms with E-state index in [9.17, 15) is 22.8 Å². The topological polar surface area (TPSA) is 67.8 Å². The van der Waals surface area contributed by atoms with E-state index in [0.29, 0.717) is 0 Å². The number of esters is 1. The number of hydrazone groups is 1. The number of benzene rings is 1. The molecule has 0 spiro atoms. The predicted molar refractivity (Wildman–Crippen MR) is 66.1 cm³/mol. The molecule has 0 atom stereocenters. The SMILES string of the molecule is O=C1CCC(C(=O)OCc2cccc(C(F)(F)F)c2)=NN1. The number of halogens is 3. The lowest BCUT2D eigenvalue weighted by Crippen LogP contribution is -2.30. The Balaban J connectivity index is 1.97. The van der Waals surface area contributed by atoms with Crippen LogP contribution in [0.15, 0.2) is 29.4 Å². The van der Waals surface area contributed by atoms with Crippen LogP contribution < -0.4 is 5.43 Å². The molecule has 1 amide bonds. The molecule has 1 aromatic rings. The van der Waals surface area contributed by atoms with Gasteiger partial charge in [-0.2, -0.15) is 18.3 Å². The summed E-state index contributed by atoms with van der Waals surface area (Å²) in [5, 5.41) is 3.54. The molecule has 8 heteroatoms. The predicted octanol–water partition coefficient (Wildman–Crippen LogP) is 2.01. The highest BCUT2D eigenvalue weighted by molar-refractivity contribution is 6.37. The van der Waals surface area contributed by atoms with Crippen molar-refractivity contribution in [1.29, 1.82) is 0 Å². The molecule has 1 aromatic carbocycles. The van der Waals surface area contributed by atoms with Gasteiger partial charge in [-0.25, -0.2) is 10.2 Å². The number of nitrogens with one attached hydrogen (secondary N) is 1. The van der Waals surface area contributed by atoms with E-state index in [1.807, 2.05) is 0 Å². The summed E-state index contributed by atoms with van der Waals surface area (Å²) in [5.74, 6) is -1.06. The van der Waals surface area contributed by atoms with Crippen molar-refractivity contribution in [2.24, 2.45) is 5.10 Å². The lowest BCUT2D eigenvalue weighted by molar-refractivity contribution is -0.137.